The van der Waals surface area contributed by atoms with Crippen molar-refractivity contribution in [2.75, 3.05) is 24.6 Å². The van der Waals surface area contributed by atoms with E-state index in [0.717, 1.165) is 5.56 Å². The molecule has 0 radical (unpaired) electrons. The first-order chi connectivity index (χ1) is 12.8. The number of ether oxygens (including phenoxy) is 2. The first-order valence-electron chi connectivity index (χ1n) is 8.80. The molecule has 0 saturated heterocycles. The van der Waals surface area contributed by atoms with E-state index in [9.17, 15) is 13.2 Å². The standard InChI is InChI=1S/C20H23NO5S/c1-14(2)13-26-20(22)17-12-16(8-9-19(17)25-3)27(23,24)21-11-10-15-6-4-5-7-18(15)21/h4-9,12,14H,10-11,13H2,1-3H3. The minimum atomic E-state index is -3.79. The summed E-state index contributed by atoms with van der Waals surface area (Å²) in [5, 5.41) is 0. The maximum atomic E-state index is 13.2. The molecule has 0 atom stereocenters. The molecule has 0 aliphatic carbocycles. The van der Waals surface area contributed by atoms with Crippen LogP contribution in [0.1, 0.15) is 29.8 Å². The molecule has 0 amide bonds. The highest BCUT2D eigenvalue weighted by Gasteiger charge is 2.31. The molecule has 2 aromatic carbocycles. The van der Waals surface area contributed by atoms with Gasteiger partial charge in [-0.3, -0.25) is 4.31 Å². The molecule has 0 saturated carbocycles. The number of nitrogens with zero attached hydrogens (tertiary/aromatic N) is 1. The van der Waals surface area contributed by atoms with Crippen LogP contribution in [0.4, 0.5) is 5.69 Å². The van der Waals surface area contributed by atoms with Gasteiger partial charge >= 0.3 is 5.97 Å². The van der Waals surface area contributed by atoms with Gasteiger partial charge in [0.1, 0.15) is 11.3 Å². The van der Waals surface area contributed by atoms with Crippen molar-refractivity contribution in [2.24, 2.45) is 5.92 Å². The molecule has 0 fully saturated rings. The number of carbonyl (C=O) groups is 1. The summed E-state index contributed by atoms with van der Waals surface area (Å²) in [6, 6.07) is 11.7. The first-order valence-corrected chi connectivity index (χ1v) is 10.2. The number of anilines is 1. The van der Waals surface area contributed by atoms with Gasteiger partial charge in [0.2, 0.25) is 0 Å². The van der Waals surface area contributed by atoms with Gasteiger partial charge in [0, 0.05) is 6.54 Å². The van der Waals surface area contributed by atoms with E-state index in [4.69, 9.17) is 9.47 Å². The van der Waals surface area contributed by atoms with E-state index in [-0.39, 0.29) is 28.7 Å². The number of sulfonamides is 1. The number of benzene rings is 2. The van der Waals surface area contributed by atoms with Crippen molar-refractivity contribution in [2.45, 2.75) is 25.2 Å². The molecule has 1 aliphatic rings. The third kappa shape index (κ3) is 3.78. The van der Waals surface area contributed by atoms with Crippen molar-refractivity contribution >= 4 is 21.7 Å². The van der Waals surface area contributed by atoms with Gasteiger partial charge in [0.15, 0.2) is 0 Å². The normalized spacial score (nSPS) is 13.6. The summed E-state index contributed by atoms with van der Waals surface area (Å²) in [5.41, 5.74) is 1.77. The van der Waals surface area contributed by atoms with Crippen LogP contribution in [0.5, 0.6) is 5.75 Å². The lowest BCUT2D eigenvalue weighted by Gasteiger charge is -2.20. The average molecular weight is 389 g/mol. The number of carbonyl (C=O) groups excluding carboxylic acids is 1. The molecule has 144 valence electrons. The van der Waals surface area contributed by atoms with Crippen LogP contribution in [0, 0.1) is 5.92 Å². The lowest BCUT2D eigenvalue weighted by molar-refractivity contribution is 0.0455. The monoisotopic (exact) mass is 389 g/mol. The van der Waals surface area contributed by atoms with Crippen LogP contribution >= 0.6 is 0 Å². The summed E-state index contributed by atoms with van der Waals surface area (Å²) < 4.78 is 38.2. The Morgan fingerprint density at radius 2 is 1.93 bits per heavy atom. The van der Waals surface area contributed by atoms with Gasteiger partial charge in [-0.05, 0) is 42.2 Å². The SMILES string of the molecule is COc1ccc(S(=O)(=O)N2CCc3ccccc32)cc1C(=O)OCC(C)C. The summed E-state index contributed by atoms with van der Waals surface area (Å²) >= 11 is 0. The number of hydrogen-bond acceptors (Lipinski definition) is 5. The van der Waals surface area contributed by atoms with Gasteiger partial charge in [-0.15, -0.1) is 0 Å². The van der Waals surface area contributed by atoms with Crippen LogP contribution in [-0.2, 0) is 21.2 Å². The summed E-state index contributed by atoms with van der Waals surface area (Å²) in [7, 11) is -2.36. The van der Waals surface area contributed by atoms with Gasteiger partial charge in [-0.1, -0.05) is 32.0 Å². The molecule has 1 heterocycles. The molecule has 0 N–H and O–H groups in total. The Bertz CT molecular complexity index is 953. The average Bonchev–Trinajstić information content (AvgIpc) is 3.10. The Kier molecular flexibility index (Phi) is 5.41. The Hall–Kier alpha value is -2.54. The number of rotatable bonds is 6. The van der Waals surface area contributed by atoms with Crippen molar-refractivity contribution in [3.05, 3.63) is 53.6 Å². The van der Waals surface area contributed by atoms with Crippen molar-refractivity contribution in [1.82, 2.24) is 0 Å². The molecular formula is C20H23NO5S. The molecule has 27 heavy (non-hydrogen) atoms. The fourth-order valence-electron chi connectivity index (χ4n) is 3.01. The third-order valence-corrected chi connectivity index (χ3v) is 6.18. The van der Waals surface area contributed by atoms with Gasteiger partial charge in [-0.25, -0.2) is 13.2 Å². The fraction of sp³-hybridized carbons (Fsp3) is 0.350. The maximum absolute atomic E-state index is 13.2. The zero-order valence-corrected chi connectivity index (χ0v) is 16.5. The molecule has 3 rings (SSSR count). The topological polar surface area (TPSA) is 72.9 Å². The van der Waals surface area contributed by atoms with E-state index in [1.165, 1.54) is 29.6 Å². The van der Waals surface area contributed by atoms with Crippen molar-refractivity contribution < 1.29 is 22.7 Å². The zero-order chi connectivity index (χ0) is 19.6. The minimum absolute atomic E-state index is 0.0384. The summed E-state index contributed by atoms with van der Waals surface area (Å²) in [6.07, 6.45) is 0.662. The van der Waals surface area contributed by atoms with Gasteiger partial charge < -0.3 is 9.47 Å². The minimum Gasteiger partial charge on any atom is -0.496 e. The quantitative estimate of drug-likeness (QED) is 0.709. The van der Waals surface area contributed by atoms with Crippen LogP contribution in [0.2, 0.25) is 0 Å². The van der Waals surface area contributed by atoms with Crippen LogP contribution in [0.3, 0.4) is 0 Å². The van der Waals surface area contributed by atoms with E-state index in [2.05, 4.69) is 0 Å². The lowest BCUT2D eigenvalue weighted by Crippen LogP contribution is -2.29. The summed E-state index contributed by atoms with van der Waals surface area (Å²) in [4.78, 5) is 12.5. The van der Waals surface area contributed by atoms with E-state index in [0.29, 0.717) is 18.7 Å². The number of esters is 1. The van der Waals surface area contributed by atoms with Crippen LogP contribution in [0.15, 0.2) is 47.4 Å². The second-order valence-corrected chi connectivity index (χ2v) is 8.67. The number of hydrogen-bond donors (Lipinski definition) is 0. The fourth-order valence-corrected chi connectivity index (χ4v) is 4.54. The highest BCUT2D eigenvalue weighted by molar-refractivity contribution is 7.92. The molecule has 0 spiro atoms. The van der Waals surface area contributed by atoms with Crippen molar-refractivity contribution in [3.63, 3.8) is 0 Å². The second kappa shape index (κ2) is 7.60. The van der Waals surface area contributed by atoms with Crippen LogP contribution in [-0.4, -0.2) is 34.6 Å². The zero-order valence-electron chi connectivity index (χ0n) is 15.6. The molecule has 2 aromatic rings. The number of para-hydroxylation sites is 1. The summed E-state index contributed by atoms with van der Waals surface area (Å²) in [6.45, 7) is 4.48. The van der Waals surface area contributed by atoms with Crippen molar-refractivity contribution in [1.29, 1.82) is 0 Å². The molecule has 0 bridgehead atoms. The van der Waals surface area contributed by atoms with Gasteiger partial charge in [0.05, 0.1) is 24.3 Å². The largest absolute Gasteiger partial charge is 0.496 e. The molecule has 0 aromatic heterocycles. The highest BCUT2D eigenvalue weighted by atomic mass is 32.2. The molecule has 6 nitrogen and oxygen atoms in total. The van der Waals surface area contributed by atoms with E-state index >= 15 is 0 Å². The number of methoxy groups -OCH3 is 1. The second-order valence-electron chi connectivity index (χ2n) is 6.81. The van der Waals surface area contributed by atoms with E-state index < -0.39 is 16.0 Å². The van der Waals surface area contributed by atoms with Crippen LogP contribution in [0.25, 0.3) is 0 Å². The van der Waals surface area contributed by atoms with E-state index in [1.54, 1.807) is 6.07 Å². The molecule has 0 unspecified atom stereocenters. The number of fused-ring (bicyclic) bond motifs is 1. The molecule has 7 heteroatoms. The lowest BCUT2D eigenvalue weighted by atomic mass is 10.2. The predicted octanol–water partition coefficient (Wildman–Crippen LogP) is 3.26. The Labute approximate surface area is 159 Å². The van der Waals surface area contributed by atoms with Crippen LogP contribution < -0.4 is 9.04 Å². The Morgan fingerprint density at radius 1 is 1.19 bits per heavy atom. The van der Waals surface area contributed by atoms with Gasteiger partial charge in [0.25, 0.3) is 10.0 Å². The molecular weight excluding hydrogens is 366 g/mol. The predicted molar refractivity (Wildman–Crippen MR) is 103 cm³/mol. The maximum Gasteiger partial charge on any atom is 0.341 e. The Balaban J connectivity index is 1.97. The third-order valence-electron chi connectivity index (χ3n) is 4.37. The smallest absolute Gasteiger partial charge is 0.341 e. The van der Waals surface area contributed by atoms with Gasteiger partial charge in [-0.2, -0.15) is 0 Å². The van der Waals surface area contributed by atoms with E-state index in [1.807, 2.05) is 32.0 Å². The highest BCUT2D eigenvalue weighted by Crippen LogP contribution is 2.34. The Morgan fingerprint density at radius 3 is 2.63 bits per heavy atom. The first kappa shape index (κ1) is 19.2. The van der Waals surface area contributed by atoms with Crippen molar-refractivity contribution in [3.8, 4) is 5.75 Å². The summed E-state index contributed by atoms with van der Waals surface area (Å²) in [5.74, 6) is -0.142. The molecule has 1 aliphatic heterocycles.